The molecule has 1 aliphatic rings. The largest absolute Gasteiger partial charge is 0.490 e. The van der Waals surface area contributed by atoms with Crippen LogP contribution in [0.15, 0.2) is 42.5 Å². The Labute approximate surface area is 175 Å². The Kier molecular flexibility index (Phi) is 7.27. The van der Waals surface area contributed by atoms with Crippen LogP contribution in [0.1, 0.15) is 42.6 Å². The Balaban J connectivity index is 1.63. The zero-order valence-electron chi connectivity index (χ0n) is 17.2. The van der Waals surface area contributed by atoms with E-state index in [1.165, 1.54) is 6.07 Å². The predicted octanol–water partition coefficient (Wildman–Crippen LogP) is 3.97. The number of rotatable bonds is 10. The Morgan fingerprint density at radius 1 is 1.03 bits per heavy atom. The fourth-order valence-electron chi connectivity index (χ4n) is 3.09. The van der Waals surface area contributed by atoms with Gasteiger partial charge in [0.25, 0.3) is 5.91 Å². The summed E-state index contributed by atoms with van der Waals surface area (Å²) in [4.78, 5) is 26.7. The molecule has 6 nitrogen and oxygen atoms in total. The molecule has 0 aromatic heterocycles. The number of esters is 1. The molecule has 0 saturated heterocycles. The Morgan fingerprint density at radius 3 is 2.40 bits per heavy atom. The van der Waals surface area contributed by atoms with Crippen LogP contribution < -0.4 is 9.47 Å². The lowest BCUT2D eigenvalue weighted by atomic mass is 10.2. The minimum absolute atomic E-state index is 0.0610. The van der Waals surface area contributed by atoms with Crippen LogP contribution in [0.2, 0.25) is 0 Å². The summed E-state index contributed by atoms with van der Waals surface area (Å²) < 4.78 is 30.2. The van der Waals surface area contributed by atoms with E-state index in [-0.39, 0.29) is 29.9 Å². The molecule has 0 bridgehead atoms. The number of hydrogen-bond acceptors (Lipinski definition) is 5. The standard InChI is InChI=1S/C23H26FNO5/c1-3-28-20-12-9-16(13-21(20)29-4-2)23(27)30-15-22(26)25(18-10-11-18)14-17-7-5-6-8-19(17)24/h5-9,12-13,18H,3-4,10-11,14-15H2,1-2H3. The molecule has 0 spiro atoms. The fraction of sp³-hybridized carbons (Fsp3) is 0.391. The Morgan fingerprint density at radius 2 is 1.73 bits per heavy atom. The van der Waals surface area contributed by atoms with E-state index in [2.05, 4.69) is 0 Å². The van der Waals surface area contributed by atoms with E-state index in [1.807, 2.05) is 13.8 Å². The van der Waals surface area contributed by atoms with Crippen molar-refractivity contribution in [2.45, 2.75) is 39.3 Å². The Bertz CT molecular complexity index is 897. The molecule has 0 N–H and O–H groups in total. The van der Waals surface area contributed by atoms with E-state index in [9.17, 15) is 14.0 Å². The third-order valence-electron chi connectivity index (χ3n) is 4.71. The van der Waals surface area contributed by atoms with Gasteiger partial charge < -0.3 is 19.1 Å². The lowest BCUT2D eigenvalue weighted by Crippen LogP contribution is -2.36. The monoisotopic (exact) mass is 415 g/mol. The molecule has 0 atom stereocenters. The van der Waals surface area contributed by atoms with Crippen molar-refractivity contribution in [3.63, 3.8) is 0 Å². The summed E-state index contributed by atoms with van der Waals surface area (Å²) in [6, 6.07) is 11.2. The average molecular weight is 415 g/mol. The maximum Gasteiger partial charge on any atom is 0.338 e. The lowest BCUT2D eigenvalue weighted by Gasteiger charge is -2.22. The molecule has 0 radical (unpaired) electrons. The molecule has 7 heteroatoms. The predicted molar refractivity (Wildman–Crippen MR) is 109 cm³/mol. The first-order valence-electron chi connectivity index (χ1n) is 10.1. The smallest absolute Gasteiger partial charge is 0.338 e. The molecule has 0 unspecified atom stereocenters. The van der Waals surface area contributed by atoms with Crippen molar-refractivity contribution in [1.29, 1.82) is 0 Å². The van der Waals surface area contributed by atoms with Gasteiger partial charge in [0, 0.05) is 18.2 Å². The summed E-state index contributed by atoms with van der Waals surface area (Å²) in [6.45, 7) is 4.34. The van der Waals surface area contributed by atoms with Gasteiger partial charge in [-0.1, -0.05) is 18.2 Å². The third-order valence-corrected chi connectivity index (χ3v) is 4.71. The number of amides is 1. The highest BCUT2D eigenvalue weighted by Crippen LogP contribution is 2.30. The number of ether oxygens (including phenoxy) is 3. The molecular formula is C23H26FNO5. The van der Waals surface area contributed by atoms with Gasteiger partial charge in [-0.25, -0.2) is 9.18 Å². The van der Waals surface area contributed by atoms with E-state index >= 15 is 0 Å². The molecule has 1 aliphatic carbocycles. The molecule has 0 aliphatic heterocycles. The number of carbonyl (C=O) groups excluding carboxylic acids is 2. The second-order valence-electron chi connectivity index (χ2n) is 6.95. The van der Waals surface area contributed by atoms with E-state index in [0.29, 0.717) is 30.3 Å². The molecule has 1 fully saturated rings. The van der Waals surface area contributed by atoms with Gasteiger partial charge >= 0.3 is 5.97 Å². The number of carbonyl (C=O) groups is 2. The second-order valence-corrected chi connectivity index (χ2v) is 6.95. The summed E-state index contributed by atoms with van der Waals surface area (Å²) in [7, 11) is 0. The quantitative estimate of drug-likeness (QED) is 0.550. The maximum atomic E-state index is 14.0. The van der Waals surface area contributed by atoms with Crippen LogP contribution in [0.25, 0.3) is 0 Å². The first kappa shape index (κ1) is 21.6. The molecule has 2 aromatic carbocycles. The molecular weight excluding hydrogens is 389 g/mol. The van der Waals surface area contributed by atoms with E-state index in [1.54, 1.807) is 41.3 Å². The second kappa shape index (κ2) is 10.1. The van der Waals surface area contributed by atoms with Gasteiger partial charge in [0.2, 0.25) is 0 Å². The van der Waals surface area contributed by atoms with Gasteiger partial charge in [-0.05, 0) is 51.0 Å². The van der Waals surface area contributed by atoms with Crippen molar-refractivity contribution in [2.24, 2.45) is 0 Å². The minimum Gasteiger partial charge on any atom is -0.490 e. The Hall–Kier alpha value is -3.09. The molecule has 30 heavy (non-hydrogen) atoms. The molecule has 2 aromatic rings. The van der Waals surface area contributed by atoms with Crippen molar-refractivity contribution in [2.75, 3.05) is 19.8 Å². The van der Waals surface area contributed by atoms with Crippen molar-refractivity contribution in [3.05, 3.63) is 59.4 Å². The lowest BCUT2D eigenvalue weighted by molar-refractivity contribution is -0.135. The van der Waals surface area contributed by atoms with E-state index in [4.69, 9.17) is 14.2 Å². The van der Waals surface area contributed by atoms with Crippen LogP contribution in [0.3, 0.4) is 0 Å². The highest BCUT2D eigenvalue weighted by molar-refractivity contribution is 5.92. The topological polar surface area (TPSA) is 65.1 Å². The molecule has 1 amide bonds. The normalized spacial score (nSPS) is 12.9. The van der Waals surface area contributed by atoms with Crippen molar-refractivity contribution >= 4 is 11.9 Å². The summed E-state index contributed by atoms with van der Waals surface area (Å²) in [5.74, 6) is -0.346. The van der Waals surface area contributed by atoms with Gasteiger partial charge in [-0.2, -0.15) is 0 Å². The zero-order chi connectivity index (χ0) is 21.5. The highest BCUT2D eigenvalue weighted by Gasteiger charge is 2.33. The van der Waals surface area contributed by atoms with Crippen LogP contribution in [-0.4, -0.2) is 42.6 Å². The number of benzene rings is 2. The molecule has 1 saturated carbocycles. The van der Waals surface area contributed by atoms with Crippen LogP contribution in [0.4, 0.5) is 4.39 Å². The van der Waals surface area contributed by atoms with Crippen molar-refractivity contribution < 1.29 is 28.2 Å². The van der Waals surface area contributed by atoms with Crippen LogP contribution in [0.5, 0.6) is 11.5 Å². The van der Waals surface area contributed by atoms with E-state index in [0.717, 1.165) is 12.8 Å². The van der Waals surface area contributed by atoms with Gasteiger partial charge in [0.05, 0.1) is 18.8 Å². The van der Waals surface area contributed by atoms with Crippen LogP contribution >= 0.6 is 0 Å². The zero-order valence-corrected chi connectivity index (χ0v) is 17.2. The number of hydrogen-bond donors (Lipinski definition) is 0. The van der Waals surface area contributed by atoms with Crippen LogP contribution in [-0.2, 0) is 16.1 Å². The van der Waals surface area contributed by atoms with Gasteiger partial charge in [0.1, 0.15) is 5.82 Å². The summed E-state index contributed by atoms with van der Waals surface area (Å²) in [5.41, 5.74) is 0.707. The first-order valence-corrected chi connectivity index (χ1v) is 10.1. The van der Waals surface area contributed by atoms with E-state index < -0.39 is 12.6 Å². The third kappa shape index (κ3) is 5.49. The summed E-state index contributed by atoms with van der Waals surface area (Å²) in [5, 5.41) is 0. The maximum absolute atomic E-state index is 14.0. The van der Waals surface area contributed by atoms with Gasteiger partial charge in [-0.15, -0.1) is 0 Å². The van der Waals surface area contributed by atoms with Crippen LogP contribution in [0, 0.1) is 5.82 Å². The van der Waals surface area contributed by atoms with Gasteiger partial charge in [-0.3, -0.25) is 4.79 Å². The minimum atomic E-state index is -0.631. The summed E-state index contributed by atoms with van der Waals surface area (Å²) >= 11 is 0. The summed E-state index contributed by atoms with van der Waals surface area (Å²) in [6.07, 6.45) is 1.73. The fourth-order valence-corrected chi connectivity index (χ4v) is 3.09. The van der Waals surface area contributed by atoms with Gasteiger partial charge in [0.15, 0.2) is 18.1 Å². The molecule has 0 heterocycles. The average Bonchev–Trinajstić information content (AvgIpc) is 3.58. The highest BCUT2D eigenvalue weighted by atomic mass is 19.1. The molecule has 160 valence electrons. The van der Waals surface area contributed by atoms with Crippen molar-refractivity contribution in [1.82, 2.24) is 4.90 Å². The first-order chi connectivity index (χ1) is 14.5. The van der Waals surface area contributed by atoms with Crippen molar-refractivity contribution in [3.8, 4) is 11.5 Å². The molecule has 3 rings (SSSR count). The number of halogens is 1. The number of nitrogens with zero attached hydrogens (tertiary/aromatic N) is 1. The SMILES string of the molecule is CCOc1ccc(C(=O)OCC(=O)N(Cc2ccccc2F)C2CC2)cc1OCC.